The molecular formula is C23H15I2N. The van der Waals surface area contributed by atoms with Crippen LogP contribution in [0.1, 0.15) is 0 Å². The Kier molecular flexibility index (Phi) is 5.36. The van der Waals surface area contributed by atoms with Crippen LogP contribution in [0.15, 0.2) is 91.0 Å². The second-order valence-corrected chi connectivity index (χ2v) is 8.50. The molecule has 0 bridgehead atoms. The fourth-order valence-corrected chi connectivity index (χ4v) is 4.00. The molecule has 0 saturated carbocycles. The van der Waals surface area contributed by atoms with Gasteiger partial charge in [0.25, 0.3) is 0 Å². The molecule has 0 aliphatic carbocycles. The lowest BCUT2D eigenvalue weighted by molar-refractivity contribution is 1.32. The van der Waals surface area contributed by atoms with E-state index in [0.717, 1.165) is 22.5 Å². The van der Waals surface area contributed by atoms with E-state index in [4.69, 9.17) is 4.98 Å². The predicted molar refractivity (Wildman–Crippen MR) is 126 cm³/mol. The van der Waals surface area contributed by atoms with Gasteiger partial charge in [0, 0.05) is 18.3 Å². The molecule has 4 aromatic rings. The molecule has 0 fully saturated rings. The van der Waals surface area contributed by atoms with Crippen molar-refractivity contribution < 1.29 is 0 Å². The van der Waals surface area contributed by atoms with Crippen LogP contribution in [0, 0.1) is 7.14 Å². The van der Waals surface area contributed by atoms with E-state index >= 15 is 0 Å². The van der Waals surface area contributed by atoms with E-state index in [9.17, 15) is 0 Å². The zero-order chi connectivity index (χ0) is 17.9. The van der Waals surface area contributed by atoms with Gasteiger partial charge >= 0.3 is 0 Å². The molecule has 0 aliphatic heterocycles. The number of halogens is 2. The lowest BCUT2D eigenvalue weighted by Gasteiger charge is -2.11. The molecule has 0 radical (unpaired) electrons. The summed E-state index contributed by atoms with van der Waals surface area (Å²) in [6.45, 7) is 0. The SMILES string of the molecule is Ic1cccc(-c2cc(-c3ccccc3)nc(-c3cccc(I)c3)c2)c1. The summed E-state index contributed by atoms with van der Waals surface area (Å²) in [6, 6.07) is 31.8. The van der Waals surface area contributed by atoms with Crippen molar-refractivity contribution in [2.45, 2.75) is 0 Å². The molecule has 0 saturated heterocycles. The summed E-state index contributed by atoms with van der Waals surface area (Å²) >= 11 is 4.71. The lowest BCUT2D eigenvalue weighted by atomic mass is 10.00. The number of hydrogen-bond acceptors (Lipinski definition) is 1. The van der Waals surface area contributed by atoms with Gasteiger partial charge in [-0.15, -0.1) is 0 Å². The standard InChI is InChI=1S/C23H15I2N/c24-20-10-4-8-17(12-20)19-14-22(16-6-2-1-3-7-16)26-23(15-19)18-9-5-11-21(25)13-18/h1-15H. The fraction of sp³-hybridized carbons (Fsp3) is 0. The smallest absolute Gasteiger partial charge is 0.0716 e. The van der Waals surface area contributed by atoms with Crippen LogP contribution in [0.2, 0.25) is 0 Å². The van der Waals surface area contributed by atoms with E-state index in [-0.39, 0.29) is 0 Å². The fourth-order valence-electron chi connectivity index (χ4n) is 2.92. The van der Waals surface area contributed by atoms with Crippen molar-refractivity contribution in [1.82, 2.24) is 4.98 Å². The van der Waals surface area contributed by atoms with E-state index in [1.807, 2.05) is 6.07 Å². The Balaban J connectivity index is 1.93. The van der Waals surface area contributed by atoms with E-state index in [2.05, 4.69) is 130 Å². The van der Waals surface area contributed by atoms with Gasteiger partial charge in [0.15, 0.2) is 0 Å². The van der Waals surface area contributed by atoms with Crippen LogP contribution in [0.5, 0.6) is 0 Å². The second kappa shape index (κ2) is 7.88. The molecule has 0 aliphatic rings. The average Bonchev–Trinajstić information content (AvgIpc) is 2.68. The van der Waals surface area contributed by atoms with Gasteiger partial charge in [-0.2, -0.15) is 0 Å². The molecule has 1 nitrogen and oxygen atoms in total. The number of nitrogens with zero attached hydrogens (tertiary/aromatic N) is 1. The highest BCUT2D eigenvalue weighted by Crippen LogP contribution is 2.31. The summed E-state index contributed by atoms with van der Waals surface area (Å²) in [5.41, 5.74) is 6.66. The molecule has 26 heavy (non-hydrogen) atoms. The summed E-state index contributed by atoms with van der Waals surface area (Å²) in [4.78, 5) is 4.96. The third-order valence-electron chi connectivity index (χ3n) is 4.17. The summed E-state index contributed by atoms with van der Waals surface area (Å²) in [5, 5.41) is 0. The van der Waals surface area contributed by atoms with Crippen LogP contribution < -0.4 is 0 Å². The zero-order valence-electron chi connectivity index (χ0n) is 13.9. The minimum atomic E-state index is 0.996. The van der Waals surface area contributed by atoms with Crippen molar-refractivity contribution in [2.75, 3.05) is 0 Å². The molecular weight excluding hydrogens is 544 g/mol. The van der Waals surface area contributed by atoms with Crippen molar-refractivity contribution in [3.63, 3.8) is 0 Å². The van der Waals surface area contributed by atoms with E-state index in [0.29, 0.717) is 0 Å². The first-order chi connectivity index (χ1) is 12.7. The molecule has 3 heteroatoms. The highest BCUT2D eigenvalue weighted by atomic mass is 127. The Bertz CT molecular complexity index is 995. The highest BCUT2D eigenvalue weighted by molar-refractivity contribution is 14.1. The summed E-state index contributed by atoms with van der Waals surface area (Å²) < 4.78 is 2.44. The molecule has 0 amide bonds. The molecule has 126 valence electrons. The molecule has 0 N–H and O–H groups in total. The normalized spacial score (nSPS) is 10.7. The van der Waals surface area contributed by atoms with Gasteiger partial charge in [-0.05, 0) is 92.7 Å². The van der Waals surface area contributed by atoms with Crippen molar-refractivity contribution in [2.24, 2.45) is 0 Å². The van der Waals surface area contributed by atoms with Gasteiger partial charge in [-0.25, -0.2) is 4.98 Å². The van der Waals surface area contributed by atoms with Crippen LogP contribution in [-0.4, -0.2) is 4.98 Å². The quantitative estimate of drug-likeness (QED) is 0.241. The number of benzene rings is 3. The van der Waals surface area contributed by atoms with Crippen LogP contribution in [0.3, 0.4) is 0 Å². The molecule has 4 rings (SSSR count). The minimum absolute atomic E-state index is 0.996. The number of aromatic nitrogens is 1. The topological polar surface area (TPSA) is 12.9 Å². The number of rotatable bonds is 3. The summed E-state index contributed by atoms with van der Waals surface area (Å²) in [7, 11) is 0. The first-order valence-electron chi connectivity index (χ1n) is 8.28. The second-order valence-electron chi connectivity index (χ2n) is 6.01. The molecule has 3 aromatic carbocycles. The van der Waals surface area contributed by atoms with Crippen LogP contribution >= 0.6 is 45.2 Å². The number of hydrogen-bond donors (Lipinski definition) is 0. The Labute approximate surface area is 180 Å². The zero-order valence-corrected chi connectivity index (χ0v) is 18.2. The maximum atomic E-state index is 4.96. The third-order valence-corrected chi connectivity index (χ3v) is 5.52. The van der Waals surface area contributed by atoms with Gasteiger partial charge in [0.2, 0.25) is 0 Å². The van der Waals surface area contributed by atoms with Crippen molar-refractivity contribution in [3.8, 4) is 33.6 Å². The summed E-state index contributed by atoms with van der Waals surface area (Å²) in [5.74, 6) is 0. The Morgan fingerprint density at radius 3 is 1.65 bits per heavy atom. The van der Waals surface area contributed by atoms with Crippen molar-refractivity contribution in [1.29, 1.82) is 0 Å². The van der Waals surface area contributed by atoms with Crippen molar-refractivity contribution in [3.05, 3.63) is 98.1 Å². The third kappa shape index (κ3) is 3.99. The summed E-state index contributed by atoms with van der Waals surface area (Å²) in [6.07, 6.45) is 0. The van der Waals surface area contributed by atoms with Crippen LogP contribution in [-0.2, 0) is 0 Å². The van der Waals surface area contributed by atoms with E-state index < -0.39 is 0 Å². The molecule has 1 aromatic heterocycles. The number of pyridine rings is 1. The molecule has 0 atom stereocenters. The largest absolute Gasteiger partial charge is 0.248 e. The van der Waals surface area contributed by atoms with Gasteiger partial charge in [0.1, 0.15) is 0 Å². The first kappa shape index (κ1) is 17.7. The van der Waals surface area contributed by atoms with Gasteiger partial charge in [-0.3, -0.25) is 0 Å². The minimum Gasteiger partial charge on any atom is -0.248 e. The average molecular weight is 559 g/mol. The highest BCUT2D eigenvalue weighted by Gasteiger charge is 2.09. The van der Waals surface area contributed by atoms with Crippen LogP contribution in [0.25, 0.3) is 33.6 Å². The van der Waals surface area contributed by atoms with Gasteiger partial charge in [-0.1, -0.05) is 54.6 Å². The Hall–Kier alpha value is -1.73. The van der Waals surface area contributed by atoms with Crippen LogP contribution in [0.4, 0.5) is 0 Å². The van der Waals surface area contributed by atoms with Gasteiger partial charge < -0.3 is 0 Å². The maximum absolute atomic E-state index is 4.96. The maximum Gasteiger partial charge on any atom is 0.0716 e. The lowest BCUT2D eigenvalue weighted by Crippen LogP contribution is -1.91. The Morgan fingerprint density at radius 1 is 0.462 bits per heavy atom. The van der Waals surface area contributed by atoms with E-state index in [1.165, 1.54) is 18.3 Å². The molecule has 0 spiro atoms. The van der Waals surface area contributed by atoms with Crippen molar-refractivity contribution >= 4 is 45.2 Å². The molecule has 1 heterocycles. The predicted octanol–water partition coefficient (Wildman–Crippen LogP) is 7.29. The first-order valence-corrected chi connectivity index (χ1v) is 10.4. The van der Waals surface area contributed by atoms with Gasteiger partial charge in [0.05, 0.1) is 11.4 Å². The molecule has 0 unspecified atom stereocenters. The van der Waals surface area contributed by atoms with E-state index in [1.54, 1.807) is 0 Å². The Morgan fingerprint density at radius 2 is 1.00 bits per heavy atom. The monoisotopic (exact) mass is 559 g/mol.